The standard InChI is InChI=1S/C18H28N2/c1-18(2)10-9-17(15-7-3-4-8-16(15)18)20-11-5-6-14(12-19)13-20/h3-4,7-8,14,17H,5-6,9-13,19H2,1-2H3. The third-order valence-electron chi connectivity index (χ3n) is 5.42. The molecule has 1 fully saturated rings. The maximum absolute atomic E-state index is 5.91. The summed E-state index contributed by atoms with van der Waals surface area (Å²) in [5, 5.41) is 0. The minimum Gasteiger partial charge on any atom is -0.330 e. The van der Waals surface area contributed by atoms with Crippen LogP contribution in [0.15, 0.2) is 24.3 Å². The molecule has 20 heavy (non-hydrogen) atoms. The number of likely N-dealkylation sites (tertiary alicyclic amines) is 1. The lowest BCUT2D eigenvalue weighted by Gasteiger charge is -2.44. The van der Waals surface area contributed by atoms with Crippen LogP contribution in [0.3, 0.4) is 0 Å². The van der Waals surface area contributed by atoms with Gasteiger partial charge < -0.3 is 5.73 Å². The van der Waals surface area contributed by atoms with Crippen LogP contribution in [0.2, 0.25) is 0 Å². The van der Waals surface area contributed by atoms with Gasteiger partial charge in [-0.3, -0.25) is 4.90 Å². The average Bonchev–Trinajstić information content (AvgIpc) is 2.47. The summed E-state index contributed by atoms with van der Waals surface area (Å²) in [7, 11) is 0. The molecule has 2 unspecified atom stereocenters. The van der Waals surface area contributed by atoms with Gasteiger partial charge in [-0.05, 0) is 61.2 Å². The summed E-state index contributed by atoms with van der Waals surface area (Å²) in [4.78, 5) is 2.70. The molecule has 0 spiro atoms. The Bertz CT molecular complexity index is 466. The topological polar surface area (TPSA) is 29.3 Å². The number of fused-ring (bicyclic) bond motifs is 1. The second-order valence-corrected chi connectivity index (χ2v) is 7.26. The Morgan fingerprint density at radius 1 is 1.25 bits per heavy atom. The zero-order valence-corrected chi connectivity index (χ0v) is 12.9. The van der Waals surface area contributed by atoms with Crippen molar-refractivity contribution in [2.75, 3.05) is 19.6 Å². The predicted molar refractivity (Wildman–Crippen MR) is 84.8 cm³/mol. The smallest absolute Gasteiger partial charge is 0.0351 e. The van der Waals surface area contributed by atoms with Crippen molar-refractivity contribution >= 4 is 0 Å². The molecule has 1 heterocycles. The largest absolute Gasteiger partial charge is 0.330 e. The van der Waals surface area contributed by atoms with Crippen molar-refractivity contribution in [2.45, 2.75) is 51.0 Å². The molecule has 0 saturated carbocycles. The van der Waals surface area contributed by atoms with Crippen LogP contribution in [0.25, 0.3) is 0 Å². The molecule has 1 aliphatic carbocycles. The number of piperidine rings is 1. The molecule has 110 valence electrons. The van der Waals surface area contributed by atoms with Crippen LogP contribution in [0.4, 0.5) is 0 Å². The lowest BCUT2D eigenvalue weighted by molar-refractivity contribution is 0.106. The number of hydrogen-bond donors (Lipinski definition) is 1. The molecule has 1 aliphatic heterocycles. The fourth-order valence-electron chi connectivity index (χ4n) is 4.14. The Balaban J connectivity index is 1.88. The fraction of sp³-hybridized carbons (Fsp3) is 0.667. The lowest BCUT2D eigenvalue weighted by Crippen LogP contribution is -2.43. The van der Waals surface area contributed by atoms with E-state index in [1.165, 1.54) is 38.8 Å². The summed E-state index contributed by atoms with van der Waals surface area (Å²) < 4.78 is 0. The second kappa shape index (κ2) is 5.50. The van der Waals surface area contributed by atoms with Gasteiger partial charge in [-0.1, -0.05) is 38.1 Å². The molecule has 2 N–H and O–H groups in total. The molecular weight excluding hydrogens is 244 g/mol. The highest BCUT2D eigenvalue weighted by atomic mass is 15.2. The first kappa shape index (κ1) is 14.1. The maximum Gasteiger partial charge on any atom is 0.0351 e. The highest BCUT2D eigenvalue weighted by molar-refractivity contribution is 5.38. The van der Waals surface area contributed by atoms with E-state index in [0.717, 1.165) is 6.54 Å². The SMILES string of the molecule is CC1(C)CCC(N2CCCC(CN)C2)c2ccccc21. The molecule has 0 bridgehead atoms. The number of hydrogen-bond acceptors (Lipinski definition) is 2. The van der Waals surface area contributed by atoms with E-state index >= 15 is 0 Å². The average molecular weight is 272 g/mol. The van der Waals surface area contributed by atoms with Crippen LogP contribution < -0.4 is 5.73 Å². The van der Waals surface area contributed by atoms with E-state index in [2.05, 4.69) is 43.0 Å². The third-order valence-corrected chi connectivity index (χ3v) is 5.42. The quantitative estimate of drug-likeness (QED) is 0.893. The van der Waals surface area contributed by atoms with Crippen molar-refractivity contribution in [1.29, 1.82) is 0 Å². The molecule has 2 aliphatic rings. The molecule has 1 aromatic carbocycles. The minimum absolute atomic E-state index is 0.330. The van der Waals surface area contributed by atoms with Crippen molar-refractivity contribution in [3.05, 3.63) is 35.4 Å². The number of benzene rings is 1. The van der Waals surface area contributed by atoms with E-state index in [0.29, 0.717) is 17.4 Å². The molecule has 2 nitrogen and oxygen atoms in total. The fourth-order valence-corrected chi connectivity index (χ4v) is 4.14. The molecule has 3 rings (SSSR count). The summed E-state index contributed by atoms with van der Waals surface area (Å²) in [6.07, 6.45) is 5.20. The van der Waals surface area contributed by atoms with Crippen molar-refractivity contribution in [3.63, 3.8) is 0 Å². The van der Waals surface area contributed by atoms with Gasteiger partial charge in [0, 0.05) is 12.6 Å². The zero-order chi connectivity index (χ0) is 14.2. The van der Waals surface area contributed by atoms with Gasteiger partial charge in [0.05, 0.1) is 0 Å². The van der Waals surface area contributed by atoms with E-state index in [-0.39, 0.29) is 0 Å². The number of nitrogens with two attached hydrogens (primary N) is 1. The van der Waals surface area contributed by atoms with Gasteiger partial charge in [0.2, 0.25) is 0 Å². The molecule has 0 amide bonds. The lowest BCUT2D eigenvalue weighted by atomic mass is 9.70. The molecule has 0 aromatic heterocycles. The van der Waals surface area contributed by atoms with Crippen LogP contribution in [-0.4, -0.2) is 24.5 Å². The normalized spacial score (nSPS) is 29.9. The number of rotatable bonds is 2. The van der Waals surface area contributed by atoms with Crippen molar-refractivity contribution < 1.29 is 0 Å². The Morgan fingerprint density at radius 2 is 2.05 bits per heavy atom. The minimum atomic E-state index is 0.330. The summed E-state index contributed by atoms with van der Waals surface area (Å²) in [6, 6.07) is 9.71. The third kappa shape index (κ3) is 2.51. The molecule has 1 aromatic rings. The Hall–Kier alpha value is -0.860. The van der Waals surface area contributed by atoms with Crippen molar-refractivity contribution in [2.24, 2.45) is 11.7 Å². The van der Waals surface area contributed by atoms with Gasteiger partial charge in [-0.25, -0.2) is 0 Å². The van der Waals surface area contributed by atoms with E-state index < -0.39 is 0 Å². The Labute approximate surface area is 123 Å². The van der Waals surface area contributed by atoms with Crippen molar-refractivity contribution in [1.82, 2.24) is 4.90 Å². The van der Waals surface area contributed by atoms with E-state index in [4.69, 9.17) is 5.73 Å². The van der Waals surface area contributed by atoms with Crippen LogP contribution in [0, 0.1) is 5.92 Å². The summed E-state index contributed by atoms with van der Waals surface area (Å²) >= 11 is 0. The van der Waals surface area contributed by atoms with Gasteiger partial charge in [-0.15, -0.1) is 0 Å². The second-order valence-electron chi connectivity index (χ2n) is 7.26. The highest BCUT2D eigenvalue weighted by Gasteiger charge is 2.36. The number of nitrogens with zero attached hydrogens (tertiary/aromatic N) is 1. The van der Waals surface area contributed by atoms with Crippen molar-refractivity contribution in [3.8, 4) is 0 Å². The van der Waals surface area contributed by atoms with Gasteiger partial charge in [0.25, 0.3) is 0 Å². The monoisotopic (exact) mass is 272 g/mol. The summed E-state index contributed by atoms with van der Waals surface area (Å²) in [5.74, 6) is 0.700. The summed E-state index contributed by atoms with van der Waals surface area (Å²) in [5.41, 5.74) is 9.37. The van der Waals surface area contributed by atoms with E-state index in [1.807, 2.05) is 0 Å². The first-order valence-corrected chi connectivity index (χ1v) is 8.15. The predicted octanol–water partition coefficient (Wildman–Crippen LogP) is 3.47. The van der Waals surface area contributed by atoms with E-state index in [9.17, 15) is 0 Å². The first-order valence-electron chi connectivity index (χ1n) is 8.15. The van der Waals surface area contributed by atoms with E-state index in [1.54, 1.807) is 11.1 Å². The van der Waals surface area contributed by atoms with Crippen LogP contribution >= 0.6 is 0 Å². The molecular formula is C18H28N2. The van der Waals surface area contributed by atoms with Gasteiger partial charge >= 0.3 is 0 Å². The molecule has 1 saturated heterocycles. The zero-order valence-electron chi connectivity index (χ0n) is 12.9. The van der Waals surface area contributed by atoms with Gasteiger partial charge in [0.1, 0.15) is 0 Å². The van der Waals surface area contributed by atoms with Crippen LogP contribution in [0.1, 0.15) is 56.7 Å². The molecule has 0 radical (unpaired) electrons. The highest BCUT2D eigenvalue weighted by Crippen LogP contribution is 2.44. The Morgan fingerprint density at radius 3 is 2.85 bits per heavy atom. The Kier molecular flexibility index (Phi) is 3.87. The summed E-state index contributed by atoms with van der Waals surface area (Å²) in [6.45, 7) is 8.06. The molecule has 2 heteroatoms. The van der Waals surface area contributed by atoms with Gasteiger partial charge in [-0.2, -0.15) is 0 Å². The molecule has 2 atom stereocenters. The maximum atomic E-state index is 5.91. The van der Waals surface area contributed by atoms with Crippen LogP contribution in [-0.2, 0) is 5.41 Å². The van der Waals surface area contributed by atoms with Crippen LogP contribution in [0.5, 0.6) is 0 Å². The first-order chi connectivity index (χ1) is 9.62. The van der Waals surface area contributed by atoms with Gasteiger partial charge in [0.15, 0.2) is 0 Å².